The first-order valence-corrected chi connectivity index (χ1v) is 8.59. The number of rotatable bonds is 5. The molecule has 0 aliphatic carbocycles. The van der Waals surface area contributed by atoms with Gasteiger partial charge in [0.15, 0.2) is 6.10 Å². The topological polar surface area (TPSA) is 113 Å². The quantitative estimate of drug-likeness (QED) is 0.592. The number of ether oxygens (including phenoxy) is 1. The van der Waals surface area contributed by atoms with E-state index in [4.69, 9.17) is 4.74 Å². The normalized spacial score (nSPS) is 17.9. The van der Waals surface area contributed by atoms with Gasteiger partial charge in [0.25, 0.3) is 5.91 Å². The van der Waals surface area contributed by atoms with Crippen LogP contribution in [0.15, 0.2) is 24.3 Å². The van der Waals surface area contributed by atoms with Crippen molar-refractivity contribution in [2.45, 2.75) is 32.4 Å². The molecule has 142 valence electrons. The maximum absolute atomic E-state index is 12.2. The average molecular weight is 373 g/mol. The molecule has 2 aliphatic rings. The average Bonchev–Trinajstić information content (AvgIpc) is 3.21. The first-order chi connectivity index (χ1) is 12.9. The number of carbonyl (C=O) groups excluding carboxylic acids is 5. The Morgan fingerprint density at radius 2 is 1.74 bits per heavy atom. The Hall–Kier alpha value is -3.23. The Morgan fingerprint density at radius 3 is 2.30 bits per heavy atom. The van der Waals surface area contributed by atoms with Crippen molar-refractivity contribution in [3.8, 4) is 0 Å². The smallest absolute Gasteiger partial charge is 0.338 e. The van der Waals surface area contributed by atoms with E-state index in [1.807, 2.05) is 0 Å². The van der Waals surface area contributed by atoms with Crippen molar-refractivity contribution in [1.82, 2.24) is 15.1 Å². The van der Waals surface area contributed by atoms with Gasteiger partial charge in [-0.25, -0.2) is 9.59 Å². The second-order valence-corrected chi connectivity index (χ2v) is 6.34. The first-order valence-electron chi connectivity index (χ1n) is 8.59. The molecule has 0 spiro atoms. The summed E-state index contributed by atoms with van der Waals surface area (Å²) in [4.78, 5) is 61.3. The van der Waals surface area contributed by atoms with Crippen molar-refractivity contribution in [2.75, 3.05) is 13.1 Å². The second-order valence-electron chi connectivity index (χ2n) is 6.34. The molecule has 5 amide bonds. The standard InChI is InChI=1S/C18H19N3O6/c1-11(16(24)20-9-8-19-18(20)26)27-17(25)13-4-2-12(3-5-13)10-21-14(22)6-7-15(21)23/h2-5,11H,6-10H2,1H3,(H,19,26). The summed E-state index contributed by atoms with van der Waals surface area (Å²) in [6, 6.07) is 5.75. The number of urea groups is 1. The lowest BCUT2D eigenvalue weighted by atomic mass is 10.1. The largest absolute Gasteiger partial charge is 0.449 e. The summed E-state index contributed by atoms with van der Waals surface area (Å²) >= 11 is 0. The lowest BCUT2D eigenvalue weighted by Gasteiger charge is -2.18. The highest BCUT2D eigenvalue weighted by atomic mass is 16.5. The number of nitrogens with zero attached hydrogens (tertiary/aromatic N) is 2. The van der Waals surface area contributed by atoms with Gasteiger partial charge >= 0.3 is 12.0 Å². The third-order valence-electron chi connectivity index (χ3n) is 4.44. The number of hydrogen-bond acceptors (Lipinski definition) is 6. The minimum atomic E-state index is -1.10. The molecule has 0 aromatic heterocycles. The fourth-order valence-corrected chi connectivity index (χ4v) is 2.91. The highest BCUT2D eigenvalue weighted by molar-refractivity contribution is 6.02. The summed E-state index contributed by atoms with van der Waals surface area (Å²) in [7, 11) is 0. The molecule has 1 unspecified atom stereocenters. The van der Waals surface area contributed by atoms with Crippen LogP contribution < -0.4 is 5.32 Å². The molecule has 1 N–H and O–H groups in total. The monoisotopic (exact) mass is 373 g/mol. The van der Waals surface area contributed by atoms with Crippen LogP contribution in [0, 0.1) is 0 Å². The fraction of sp³-hybridized carbons (Fsp3) is 0.389. The van der Waals surface area contributed by atoms with Gasteiger partial charge < -0.3 is 10.1 Å². The van der Waals surface area contributed by atoms with E-state index in [-0.39, 0.29) is 43.3 Å². The molecule has 27 heavy (non-hydrogen) atoms. The van der Waals surface area contributed by atoms with Gasteiger partial charge in [-0.1, -0.05) is 12.1 Å². The molecule has 0 radical (unpaired) electrons. The number of benzene rings is 1. The number of nitrogens with one attached hydrogen (secondary N) is 1. The number of imide groups is 2. The minimum absolute atomic E-state index is 0.159. The summed E-state index contributed by atoms with van der Waals surface area (Å²) in [6.07, 6.45) is -0.644. The second kappa shape index (κ2) is 7.56. The molecule has 2 fully saturated rings. The minimum Gasteiger partial charge on any atom is -0.449 e. The highest BCUT2D eigenvalue weighted by Gasteiger charge is 2.32. The predicted octanol–water partition coefficient (Wildman–Crippen LogP) is 0.433. The Labute approximate surface area is 155 Å². The van der Waals surface area contributed by atoms with Crippen LogP contribution in [0.4, 0.5) is 4.79 Å². The van der Waals surface area contributed by atoms with Gasteiger partial charge in [-0.2, -0.15) is 0 Å². The zero-order valence-corrected chi connectivity index (χ0v) is 14.8. The molecular formula is C18H19N3O6. The number of likely N-dealkylation sites (tertiary alicyclic amines) is 1. The van der Waals surface area contributed by atoms with Gasteiger partial charge in [-0.05, 0) is 24.6 Å². The number of carbonyl (C=O) groups is 5. The molecule has 3 rings (SSSR count). The highest BCUT2D eigenvalue weighted by Crippen LogP contribution is 2.17. The summed E-state index contributed by atoms with van der Waals surface area (Å²) in [5, 5.41) is 2.51. The van der Waals surface area contributed by atoms with Crippen molar-refractivity contribution in [3.05, 3.63) is 35.4 Å². The number of esters is 1. The first kappa shape index (κ1) is 18.6. The van der Waals surface area contributed by atoms with Crippen molar-refractivity contribution in [1.29, 1.82) is 0 Å². The summed E-state index contributed by atoms with van der Waals surface area (Å²) in [5.74, 6) is -1.69. The maximum atomic E-state index is 12.2. The zero-order valence-electron chi connectivity index (χ0n) is 14.8. The van der Waals surface area contributed by atoms with Crippen LogP contribution in [-0.2, 0) is 25.7 Å². The molecule has 2 saturated heterocycles. The van der Waals surface area contributed by atoms with Crippen LogP contribution in [0.2, 0.25) is 0 Å². The van der Waals surface area contributed by atoms with Gasteiger partial charge in [0.1, 0.15) is 0 Å². The van der Waals surface area contributed by atoms with Crippen molar-refractivity contribution >= 4 is 29.7 Å². The van der Waals surface area contributed by atoms with Gasteiger partial charge in [0, 0.05) is 25.9 Å². The van der Waals surface area contributed by atoms with Gasteiger partial charge in [0.2, 0.25) is 11.8 Å². The number of hydrogen-bond donors (Lipinski definition) is 1. The van der Waals surface area contributed by atoms with Crippen LogP contribution in [0.5, 0.6) is 0 Å². The lowest BCUT2D eigenvalue weighted by Crippen LogP contribution is -2.41. The van der Waals surface area contributed by atoms with E-state index in [2.05, 4.69) is 5.32 Å². The van der Waals surface area contributed by atoms with Crippen LogP contribution in [0.25, 0.3) is 0 Å². The molecule has 1 aromatic rings. The van der Waals surface area contributed by atoms with Crippen LogP contribution >= 0.6 is 0 Å². The van der Waals surface area contributed by atoms with E-state index < -0.39 is 24.0 Å². The van der Waals surface area contributed by atoms with Crippen LogP contribution in [0.3, 0.4) is 0 Å². The molecular weight excluding hydrogens is 354 g/mol. The molecule has 0 saturated carbocycles. The Kier molecular flexibility index (Phi) is 5.20. The number of amides is 5. The molecule has 2 aliphatic heterocycles. The Bertz CT molecular complexity index is 788. The third kappa shape index (κ3) is 3.97. The summed E-state index contributed by atoms with van der Waals surface area (Å²) < 4.78 is 5.14. The van der Waals surface area contributed by atoms with Gasteiger partial charge in [0.05, 0.1) is 12.1 Å². The van der Waals surface area contributed by atoms with E-state index in [0.717, 1.165) is 4.90 Å². The van der Waals surface area contributed by atoms with Crippen LogP contribution in [-0.4, -0.2) is 58.7 Å². The summed E-state index contributed by atoms with van der Waals surface area (Å²) in [6.45, 7) is 2.17. The Balaban J connectivity index is 1.58. The van der Waals surface area contributed by atoms with Crippen molar-refractivity contribution in [3.63, 3.8) is 0 Å². The zero-order chi connectivity index (χ0) is 19.6. The van der Waals surface area contributed by atoms with Crippen molar-refractivity contribution in [2.24, 2.45) is 0 Å². The van der Waals surface area contributed by atoms with E-state index in [1.54, 1.807) is 12.1 Å². The third-order valence-corrected chi connectivity index (χ3v) is 4.44. The predicted molar refractivity (Wildman–Crippen MR) is 91.2 cm³/mol. The molecule has 1 aromatic carbocycles. The molecule has 9 nitrogen and oxygen atoms in total. The SMILES string of the molecule is CC(OC(=O)c1ccc(CN2C(=O)CCC2=O)cc1)C(=O)N1CCNC1=O. The van der Waals surface area contributed by atoms with Crippen LogP contribution in [0.1, 0.15) is 35.7 Å². The van der Waals surface area contributed by atoms with E-state index in [1.165, 1.54) is 24.0 Å². The molecule has 9 heteroatoms. The van der Waals surface area contributed by atoms with Gasteiger partial charge in [-0.15, -0.1) is 0 Å². The van der Waals surface area contributed by atoms with E-state index >= 15 is 0 Å². The molecule has 2 heterocycles. The maximum Gasteiger partial charge on any atom is 0.338 e. The Morgan fingerprint density at radius 1 is 1.11 bits per heavy atom. The van der Waals surface area contributed by atoms with Crippen molar-refractivity contribution < 1.29 is 28.7 Å². The van der Waals surface area contributed by atoms with Gasteiger partial charge in [-0.3, -0.25) is 24.2 Å². The molecule has 0 bridgehead atoms. The molecule has 1 atom stereocenters. The summed E-state index contributed by atoms with van der Waals surface area (Å²) in [5.41, 5.74) is 0.927. The lowest BCUT2D eigenvalue weighted by molar-refractivity contribution is -0.139. The fourth-order valence-electron chi connectivity index (χ4n) is 2.91. The van der Waals surface area contributed by atoms with E-state index in [9.17, 15) is 24.0 Å². The van der Waals surface area contributed by atoms with E-state index in [0.29, 0.717) is 12.1 Å².